The van der Waals surface area contributed by atoms with Gasteiger partial charge in [0.25, 0.3) is 0 Å². The Hall–Kier alpha value is -3.01. The lowest BCUT2D eigenvalue weighted by Crippen LogP contribution is -2.05. The Morgan fingerprint density at radius 3 is 2.11 bits per heavy atom. The Bertz CT molecular complexity index is 1090. The number of aromatic nitrogens is 2. The molecular weight excluding hydrogens is 397 g/mol. The van der Waals surface area contributed by atoms with Gasteiger partial charge in [0.15, 0.2) is 0 Å². The van der Waals surface area contributed by atoms with Gasteiger partial charge in [-0.25, -0.2) is 13.8 Å². The topological polar surface area (TPSA) is 70.4 Å². The molecule has 6 nitrogen and oxygen atoms in total. The van der Waals surface area contributed by atoms with Crippen molar-refractivity contribution in [1.29, 1.82) is 0 Å². The molecule has 1 heterocycles. The van der Waals surface area contributed by atoms with E-state index >= 15 is 0 Å². The molecule has 148 valence electrons. The minimum atomic E-state index is -5.13. The number of hydrogen-bond acceptors (Lipinski definition) is 5. The summed E-state index contributed by atoms with van der Waals surface area (Å²) in [6.07, 6.45) is 1.67. The molecule has 2 aromatic carbocycles. The minimum Gasteiger partial charge on any atom is -0.489 e. The third-order valence-corrected chi connectivity index (χ3v) is 4.20. The lowest BCUT2D eigenvalue weighted by Gasteiger charge is -2.11. The first-order valence-electron chi connectivity index (χ1n) is 8.00. The molecule has 0 atom stereocenters. The molecule has 0 radical (unpaired) electrons. The molecule has 0 aliphatic heterocycles. The molecule has 0 aliphatic rings. The van der Waals surface area contributed by atoms with E-state index in [1.54, 1.807) is 24.6 Å². The summed E-state index contributed by atoms with van der Waals surface area (Å²) in [6, 6.07) is 7.21. The smallest absolute Gasteiger partial charge is 0.488 e. The van der Waals surface area contributed by atoms with Crippen LogP contribution in [-0.4, -0.2) is 18.0 Å². The summed E-state index contributed by atoms with van der Waals surface area (Å²) in [5.74, 6) is -1.05. The Kier molecular flexibility index (Phi) is 5.32. The molecule has 28 heavy (non-hydrogen) atoms. The summed E-state index contributed by atoms with van der Waals surface area (Å²) in [4.78, 5) is 4.20. The summed E-state index contributed by atoms with van der Waals surface area (Å²) >= 11 is 0. The predicted octanol–water partition coefficient (Wildman–Crippen LogP) is 3.94. The Balaban J connectivity index is 1.75. The van der Waals surface area contributed by atoms with Crippen LogP contribution in [0, 0.1) is 25.5 Å². The quantitative estimate of drug-likeness (QED) is 0.574. The average Bonchev–Trinajstić information content (AvgIpc) is 2.92. The molecule has 0 fully saturated rings. The summed E-state index contributed by atoms with van der Waals surface area (Å²) in [5, 5.41) is 0. The van der Waals surface area contributed by atoms with Crippen LogP contribution in [0.25, 0.3) is 5.69 Å². The van der Waals surface area contributed by atoms with Crippen molar-refractivity contribution in [2.75, 3.05) is 0 Å². The Morgan fingerprint density at radius 1 is 1.04 bits per heavy atom. The van der Waals surface area contributed by atoms with E-state index in [4.69, 9.17) is 4.74 Å². The van der Waals surface area contributed by atoms with Gasteiger partial charge in [-0.2, -0.15) is 8.42 Å². The maximum atomic E-state index is 14.4. The maximum absolute atomic E-state index is 14.4. The first-order valence-corrected chi connectivity index (χ1v) is 9.31. The van der Waals surface area contributed by atoms with Gasteiger partial charge >= 0.3 is 10.5 Å². The highest BCUT2D eigenvalue weighted by atomic mass is 32.3. The molecule has 10 heteroatoms. The standard InChI is InChI=1S/C18H15F3N2O4S/c1-11-9-23(12(2)22-11)13-7-17(19)16(18(20)8-13)10-26-14-3-5-15(6-4-14)27-28(21,24)25/h3-9H,10H2,1-2H3. The lowest BCUT2D eigenvalue weighted by atomic mass is 10.2. The normalized spacial score (nSPS) is 11.5. The fraction of sp³-hybridized carbons (Fsp3) is 0.167. The predicted molar refractivity (Wildman–Crippen MR) is 94.4 cm³/mol. The molecule has 0 saturated heterocycles. The summed E-state index contributed by atoms with van der Waals surface area (Å²) in [5.41, 5.74) is 0.745. The number of benzene rings is 2. The number of imidazole rings is 1. The van der Waals surface area contributed by atoms with E-state index in [9.17, 15) is 21.1 Å². The number of nitrogens with zero attached hydrogens (tertiary/aromatic N) is 2. The number of ether oxygens (including phenoxy) is 1. The van der Waals surface area contributed by atoms with Gasteiger partial charge < -0.3 is 13.5 Å². The van der Waals surface area contributed by atoms with Crippen molar-refractivity contribution in [3.8, 4) is 17.2 Å². The summed E-state index contributed by atoms with van der Waals surface area (Å²) < 4.78 is 73.0. The van der Waals surface area contributed by atoms with Gasteiger partial charge in [-0.1, -0.05) is 3.89 Å². The molecule has 0 bridgehead atoms. The zero-order valence-corrected chi connectivity index (χ0v) is 15.6. The van der Waals surface area contributed by atoms with Crippen LogP contribution in [0.3, 0.4) is 0 Å². The van der Waals surface area contributed by atoms with Crippen molar-refractivity contribution in [1.82, 2.24) is 9.55 Å². The van der Waals surface area contributed by atoms with Crippen LogP contribution in [0.4, 0.5) is 12.7 Å². The average molecular weight is 412 g/mol. The van der Waals surface area contributed by atoms with E-state index in [2.05, 4.69) is 9.17 Å². The summed E-state index contributed by atoms with van der Waals surface area (Å²) in [7, 11) is -5.13. The van der Waals surface area contributed by atoms with Crippen LogP contribution in [0.15, 0.2) is 42.6 Å². The fourth-order valence-electron chi connectivity index (χ4n) is 2.61. The van der Waals surface area contributed by atoms with Gasteiger partial charge in [-0.15, -0.1) is 0 Å². The molecule has 0 amide bonds. The first kappa shape index (κ1) is 19.7. The van der Waals surface area contributed by atoms with Crippen LogP contribution in [0.2, 0.25) is 0 Å². The maximum Gasteiger partial charge on any atom is 0.488 e. The van der Waals surface area contributed by atoms with E-state index in [1.165, 1.54) is 24.3 Å². The fourth-order valence-corrected chi connectivity index (χ4v) is 2.95. The van der Waals surface area contributed by atoms with Crippen LogP contribution >= 0.6 is 0 Å². The molecule has 1 aromatic heterocycles. The highest BCUT2D eigenvalue weighted by Gasteiger charge is 2.15. The van der Waals surface area contributed by atoms with E-state index < -0.39 is 28.7 Å². The Morgan fingerprint density at radius 2 is 1.61 bits per heavy atom. The SMILES string of the molecule is Cc1cn(-c2cc(F)c(COc3ccc(OS(=O)(=O)F)cc3)c(F)c2)c(C)n1. The second kappa shape index (κ2) is 7.55. The van der Waals surface area contributed by atoms with Crippen molar-refractivity contribution < 1.29 is 30.0 Å². The molecule has 0 spiro atoms. The van der Waals surface area contributed by atoms with Crippen LogP contribution in [0.5, 0.6) is 11.5 Å². The molecular formula is C18H15F3N2O4S. The van der Waals surface area contributed by atoms with E-state index in [1.807, 2.05) is 0 Å². The second-order valence-electron chi connectivity index (χ2n) is 5.92. The monoisotopic (exact) mass is 412 g/mol. The second-order valence-corrected chi connectivity index (χ2v) is 6.88. The third kappa shape index (κ3) is 4.63. The number of halogens is 3. The zero-order chi connectivity index (χ0) is 20.5. The van der Waals surface area contributed by atoms with Crippen molar-refractivity contribution >= 4 is 10.5 Å². The van der Waals surface area contributed by atoms with Crippen molar-refractivity contribution in [2.24, 2.45) is 0 Å². The van der Waals surface area contributed by atoms with Gasteiger partial charge in [-0.3, -0.25) is 0 Å². The van der Waals surface area contributed by atoms with E-state index in [0.29, 0.717) is 11.5 Å². The number of hydrogen-bond donors (Lipinski definition) is 0. The van der Waals surface area contributed by atoms with Gasteiger partial charge in [0.05, 0.1) is 16.9 Å². The van der Waals surface area contributed by atoms with Crippen molar-refractivity contribution in [3.05, 3.63) is 71.3 Å². The Labute approximate surface area is 159 Å². The largest absolute Gasteiger partial charge is 0.489 e. The van der Waals surface area contributed by atoms with Gasteiger partial charge in [0.1, 0.15) is 35.6 Å². The molecule has 0 aliphatic carbocycles. The van der Waals surface area contributed by atoms with Crippen LogP contribution in [0.1, 0.15) is 17.1 Å². The lowest BCUT2D eigenvalue weighted by molar-refractivity contribution is 0.292. The van der Waals surface area contributed by atoms with Gasteiger partial charge in [0, 0.05) is 6.20 Å². The highest BCUT2D eigenvalue weighted by molar-refractivity contribution is 7.81. The third-order valence-electron chi connectivity index (χ3n) is 3.81. The number of aryl methyl sites for hydroxylation is 2. The minimum absolute atomic E-state index is 0.188. The van der Waals surface area contributed by atoms with E-state index in [0.717, 1.165) is 17.8 Å². The molecule has 0 N–H and O–H groups in total. The van der Waals surface area contributed by atoms with E-state index in [-0.39, 0.29) is 17.1 Å². The van der Waals surface area contributed by atoms with Gasteiger partial charge in [0.2, 0.25) is 0 Å². The van der Waals surface area contributed by atoms with Crippen molar-refractivity contribution in [2.45, 2.75) is 20.5 Å². The zero-order valence-electron chi connectivity index (χ0n) is 14.8. The number of rotatable bonds is 6. The van der Waals surface area contributed by atoms with Crippen LogP contribution < -0.4 is 8.92 Å². The summed E-state index contributed by atoms with van der Waals surface area (Å²) in [6.45, 7) is 3.10. The highest BCUT2D eigenvalue weighted by Crippen LogP contribution is 2.24. The molecule has 3 aromatic rings. The first-order chi connectivity index (χ1) is 13.1. The molecule has 0 unspecified atom stereocenters. The van der Waals surface area contributed by atoms with Crippen LogP contribution in [-0.2, 0) is 17.1 Å². The van der Waals surface area contributed by atoms with Crippen molar-refractivity contribution in [3.63, 3.8) is 0 Å². The molecule has 3 rings (SSSR count). The van der Waals surface area contributed by atoms with Gasteiger partial charge in [-0.05, 0) is 50.2 Å². The molecule has 0 saturated carbocycles.